The Morgan fingerprint density at radius 2 is 0.535 bits per heavy atom. The molecule has 5 atom stereocenters. The highest BCUT2D eigenvalue weighted by molar-refractivity contribution is 7.47. The van der Waals surface area contributed by atoms with Crippen molar-refractivity contribution in [1.82, 2.24) is 0 Å². The van der Waals surface area contributed by atoms with E-state index in [9.17, 15) is 43.2 Å². The zero-order valence-corrected chi connectivity index (χ0v) is 57.2. The quantitative estimate of drug-likeness (QED) is 0.0222. The number of esters is 4. The van der Waals surface area contributed by atoms with Crippen LogP contribution in [-0.2, 0) is 65.4 Å². The largest absolute Gasteiger partial charge is 0.472 e. The van der Waals surface area contributed by atoms with Crippen LogP contribution in [0.5, 0.6) is 0 Å². The van der Waals surface area contributed by atoms with Crippen LogP contribution in [0.2, 0.25) is 0 Å². The van der Waals surface area contributed by atoms with Gasteiger partial charge in [-0.1, -0.05) is 291 Å². The van der Waals surface area contributed by atoms with Crippen molar-refractivity contribution in [3.63, 3.8) is 0 Å². The maximum Gasteiger partial charge on any atom is 0.472 e. The van der Waals surface area contributed by atoms with E-state index in [1.165, 1.54) is 161 Å². The normalized spacial score (nSPS) is 14.2. The molecular formula is C67H130O17P2. The first kappa shape index (κ1) is 84.1. The summed E-state index contributed by atoms with van der Waals surface area (Å²) in [5.74, 6) is -1.45. The second kappa shape index (κ2) is 60.6. The SMILES string of the molecule is CCCCCCCCCCCCCCCCCCCCCCC(=O)O[C@H](COC(=O)CCCCCCCCCCCCC)COP(=O)(O)OC[C@@H](O)COP(=O)(O)OC[C@@H](COC(=O)CCCCCCC)OC(=O)CCCCCCCCCC(C)C. The molecule has 0 heterocycles. The van der Waals surface area contributed by atoms with E-state index < -0.39 is 97.5 Å². The van der Waals surface area contributed by atoms with Gasteiger partial charge < -0.3 is 33.8 Å². The number of aliphatic hydroxyl groups excluding tert-OH is 1. The highest BCUT2D eigenvalue weighted by atomic mass is 31.2. The molecule has 0 bridgehead atoms. The fourth-order valence-corrected chi connectivity index (χ4v) is 11.7. The molecule has 3 N–H and O–H groups in total. The lowest BCUT2D eigenvalue weighted by Crippen LogP contribution is -2.30. The van der Waals surface area contributed by atoms with Gasteiger partial charge >= 0.3 is 39.5 Å². The first-order chi connectivity index (χ1) is 41.5. The second-order valence-corrected chi connectivity index (χ2v) is 27.6. The Morgan fingerprint density at radius 3 is 0.791 bits per heavy atom. The fraction of sp³-hybridized carbons (Fsp3) is 0.940. The summed E-state index contributed by atoms with van der Waals surface area (Å²) in [7, 11) is -9.88. The Morgan fingerprint density at radius 1 is 0.314 bits per heavy atom. The number of ether oxygens (including phenoxy) is 4. The zero-order chi connectivity index (χ0) is 63.5. The Hall–Kier alpha value is -1.94. The number of hydrogen-bond acceptors (Lipinski definition) is 15. The van der Waals surface area contributed by atoms with Gasteiger partial charge in [0.25, 0.3) is 0 Å². The average Bonchev–Trinajstić information content (AvgIpc) is 3.65. The standard InChI is InChI=1S/C67H130O17P2/c1-6-9-12-15-17-19-21-22-23-24-25-26-27-28-29-31-33-37-42-47-52-66(71)84-63(57-78-65(70)51-46-41-36-32-30-20-18-16-13-10-7-2)59-82-86(75,76)80-55-61(68)54-79-85(73,74)81-58-62(56-77-64(69)50-45-39-14-11-8-3)83-67(72)53-48-43-38-34-35-40-44-49-60(4)5/h60-63,68H,6-59H2,1-5H3,(H,73,74)(H,75,76)/t61-,62+,63+/m0/s1. The minimum absolute atomic E-state index is 0.103. The van der Waals surface area contributed by atoms with Crippen molar-refractivity contribution in [2.75, 3.05) is 39.6 Å². The monoisotopic (exact) mass is 1270 g/mol. The average molecular weight is 1270 g/mol. The topological polar surface area (TPSA) is 237 Å². The van der Waals surface area contributed by atoms with Gasteiger partial charge in [0.2, 0.25) is 0 Å². The highest BCUT2D eigenvalue weighted by Gasteiger charge is 2.30. The number of carbonyl (C=O) groups is 4. The molecule has 86 heavy (non-hydrogen) atoms. The van der Waals surface area contributed by atoms with E-state index in [2.05, 4.69) is 34.6 Å². The van der Waals surface area contributed by atoms with Crippen LogP contribution in [0.25, 0.3) is 0 Å². The molecule has 0 aromatic carbocycles. The minimum Gasteiger partial charge on any atom is -0.462 e. The van der Waals surface area contributed by atoms with Gasteiger partial charge in [-0.05, 0) is 31.6 Å². The van der Waals surface area contributed by atoms with Crippen LogP contribution in [0.1, 0.15) is 343 Å². The van der Waals surface area contributed by atoms with Gasteiger partial charge in [-0.15, -0.1) is 0 Å². The molecule has 0 amide bonds. The molecule has 0 aliphatic rings. The van der Waals surface area contributed by atoms with Crippen LogP contribution < -0.4 is 0 Å². The molecule has 0 radical (unpaired) electrons. The maximum atomic E-state index is 13.0. The molecule has 0 saturated heterocycles. The van der Waals surface area contributed by atoms with Crippen molar-refractivity contribution in [2.45, 2.75) is 361 Å². The molecule has 0 aromatic heterocycles. The van der Waals surface area contributed by atoms with Gasteiger partial charge in [0, 0.05) is 25.7 Å². The first-order valence-corrected chi connectivity index (χ1v) is 38.1. The Bertz CT molecular complexity index is 1670. The lowest BCUT2D eigenvalue weighted by molar-refractivity contribution is -0.161. The summed E-state index contributed by atoms with van der Waals surface area (Å²) in [5.41, 5.74) is 0. The van der Waals surface area contributed by atoms with Gasteiger partial charge in [0.1, 0.15) is 19.3 Å². The van der Waals surface area contributed by atoms with Crippen molar-refractivity contribution in [3.05, 3.63) is 0 Å². The highest BCUT2D eigenvalue weighted by Crippen LogP contribution is 2.45. The fourth-order valence-electron chi connectivity index (χ4n) is 10.1. The molecule has 0 aromatic rings. The number of phosphoric acid groups is 2. The van der Waals surface area contributed by atoms with E-state index in [0.717, 1.165) is 96.3 Å². The number of hydrogen-bond donors (Lipinski definition) is 3. The van der Waals surface area contributed by atoms with Gasteiger partial charge in [-0.3, -0.25) is 37.3 Å². The lowest BCUT2D eigenvalue weighted by Gasteiger charge is -2.21. The number of unbranched alkanes of at least 4 members (excludes halogenated alkanes) is 39. The van der Waals surface area contributed by atoms with E-state index in [4.69, 9.17) is 37.0 Å². The molecule has 17 nitrogen and oxygen atoms in total. The molecule has 19 heteroatoms. The molecule has 510 valence electrons. The van der Waals surface area contributed by atoms with Crippen molar-refractivity contribution in [2.24, 2.45) is 5.92 Å². The van der Waals surface area contributed by atoms with Gasteiger partial charge in [0.15, 0.2) is 12.2 Å². The van der Waals surface area contributed by atoms with Crippen molar-refractivity contribution in [1.29, 1.82) is 0 Å². The minimum atomic E-state index is -4.95. The Balaban J connectivity index is 5.10. The van der Waals surface area contributed by atoms with Crippen LogP contribution in [-0.4, -0.2) is 96.7 Å². The number of rotatable bonds is 67. The summed E-state index contributed by atoms with van der Waals surface area (Å²) in [6, 6.07) is 0. The predicted octanol–water partition coefficient (Wildman–Crippen LogP) is 19.0. The summed E-state index contributed by atoms with van der Waals surface area (Å²) in [6.07, 6.45) is 46.4. The lowest BCUT2D eigenvalue weighted by atomic mass is 10.0. The van der Waals surface area contributed by atoms with E-state index in [1.807, 2.05) is 0 Å². The third-order valence-corrected chi connectivity index (χ3v) is 17.4. The summed E-state index contributed by atoms with van der Waals surface area (Å²) in [4.78, 5) is 72.0. The van der Waals surface area contributed by atoms with Gasteiger partial charge in [-0.2, -0.15) is 0 Å². The molecule has 0 aliphatic carbocycles. The van der Waals surface area contributed by atoms with Crippen molar-refractivity contribution in [3.8, 4) is 0 Å². The van der Waals surface area contributed by atoms with Gasteiger partial charge in [-0.25, -0.2) is 9.13 Å². The number of carbonyl (C=O) groups excluding carboxylic acids is 4. The van der Waals surface area contributed by atoms with Crippen LogP contribution in [0, 0.1) is 5.92 Å². The molecule has 0 fully saturated rings. The van der Waals surface area contributed by atoms with Crippen LogP contribution >= 0.6 is 15.6 Å². The Labute approximate surface area is 524 Å². The summed E-state index contributed by atoms with van der Waals surface area (Å²) in [6.45, 7) is 7.06. The summed E-state index contributed by atoms with van der Waals surface area (Å²) < 4.78 is 67.9. The second-order valence-electron chi connectivity index (χ2n) is 24.7. The van der Waals surface area contributed by atoms with E-state index >= 15 is 0 Å². The van der Waals surface area contributed by atoms with E-state index in [0.29, 0.717) is 31.6 Å². The Kier molecular flexibility index (Phi) is 59.2. The molecule has 2 unspecified atom stereocenters. The maximum absolute atomic E-state index is 13.0. The van der Waals surface area contributed by atoms with E-state index in [-0.39, 0.29) is 25.7 Å². The third-order valence-electron chi connectivity index (χ3n) is 15.5. The molecule has 0 saturated carbocycles. The zero-order valence-electron chi connectivity index (χ0n) is 55.4. The molecule has 0 aliphatic heterocycles. The molecule has 0 rings (SSSR count). The molecule has 0 spiro atoms. The van der Waals surface area contributed by atoms with Crippen LogP contribution in [0.4, 0.5) is 0 Å². The van der Waals surface area contributed by atoms with Crippen LogP contribution in [0.15, 0.2) is 0 Å². The predicted molar refractivity (Wildman–Crippen MR) is 345 cm³/mol. The smallest absolute Gasteiger partial charge is 0.462 e. The first-order valence-electron chi connectivity index (χ1n) is 35.1. The number of aliphatic hydroxyl groups is 1. The number of phosphoric ester groups is 2. The van der Waals surface area contributed by atoms with Crippen molar-refractivity contribution >= 4 is 39.5 Å². The van der Waals surface area contributed by atoms with E-state index in [1.54, 1.807) is 0 Å². The molecular weight excluding hydrogens is 1140 g/mol. The van der Waals surface area contributed by atoms with Crippen molar-refractivity contribution < 1.29 is 80.2 Å². The summed E-state index contributed by atoms with van der Waals surface area (Å²) in [5, 5.41) is 10.5. The summed E-state index contributed by atoms with van der Waals surface area (Å²) >= 11 is 0. The van der Waals surface area contributed by atoms with Gasteiger partial charge in [0.05, 0.1) is 26.4 Å². The third kappa shape index (κ3) is 60.9. The van der Waals surface area contributed by atoms with Crippen LogP contribution in [0.3, 0.4) is 0 Å².